The summed E-state index contributed by atoms with van der Waals surface area (Å²) in [6, 6.07) is 8.58. The lowest BCUT2D eigenvalue weighted by Gasteiger charge is -2.04. The van der Waals surface area contributed by atoms with Crippen LogP contribution in [0.5, 0.6) is 0 Å². The van der Waals surface area contributed by atoms with Gasteiger partial charge in [0.25, 0.3) is 5.91 Å². The van der Waals surface area contributed by atoms with Gasteiger partial charge in [-0.1, -0.05) is 18.2 Å². The van der Waals surface area contributed by atoms with Crippen molar-refractivity contribution in [3.63, 3.8) is 0 Å². The second-order valence-corrected chi connectivity index (χ2v) is 3.02. The van der Waals surface area contributed by atoms with E-state index in [1.807, 2.05) is 0 Å². The van der Waals surface area contributed by atoms with E-state index in [0.29, 0.717) is 11.8 Å². The minimum Gasteiger partial charge on any atom is -0.348 e. The molecule has 2 amide bonds. The Morgan fingerprint density at radius 1 is 1.12 bits per heavy atom. The smallest absolute Gasteiger partial charge is 0.251 e. The molecule has 84 valence electrons. The van der Waals surface area contributed by atoms with Crippen molar-refractivity contribution in [3.8, 4) is 0 Å². The summed E-state index contributed by atoms with van der Waals surface area (Å²) in [7, 11) is 0. The zero-order valence-corrected chi connectivity index (χ0v) is 8.60. The van der Waals surface area contributed by atoms with Crippen LogP contribution in [0.4, 0.5) is 0 Å². The van der Waals surface area contributed by atoms with E-state index in [0.717, 1.165) is 0 Å². The normalized spacial score (nSPS) is 9.25. The predicted molar refractivity (Wildman–Crippen MR) is 57.8 cm³/mol. The van der Waals surface area contributed by atoms with Crippen LogP contribution in [0.1, 0.15) is 10.4 Å². The first kappa shape index (κ1) is 11.9. The molecule has 0 unspecified atom stereocenters. The standard InChI is InChI=1S/C11H12N2O3/c14-7-6-12-10(15)8-13-11(16)9-4-2-1-3-5-9/h1-5,7H,6,8H2,(H,12,15)(H,13,16). The van der Waals surface area contributed by atoms with E-state index in [1.54, 1.807) is 30.3 Å². The fourth-order valence-electron chi connectivity index (χ4n) is 1.07. The first-order valence-corrected chi connectivity index (χ1v) is 4.77. The first-order valence-electron chi connectivity index (χ1n) is 4.77. The molecule has 1 rings (SSSR count). The number of benzene rings is 1. The van der Waals surface area contributed by atoms with E-state index in [4.69, 9.17) is 0 Å². The lowest BCUT2D eigenvalue weighted by atomic mass is 10.2. The maximum Gasteiger partial charge on any atom is 0.251 e. The minimum atomic E-state index is -0.392. The third-order valence-corrected chi connectivity index (χ3v) is 1.83. The molecule has 16 heavy (non-hydrogen) atoms. The van der Waals surface area contributed by atoms with E-state index in [9.17, 15) is 14.4 Å². The first-order chi connectivity index (χ1) is 7.74. The van der Waals surface area contributed by atoms with Crippen molar-refractivity contribution in [2.24, 2.45) is 0 Å². The van der Waals surface area contributed by atoms with E-state index < -0.39 is 5.91 Å². The summed E-state index contributed by atoms with van der Waals surface area (Å²) < 4.78 is 0. The molecular weight excluding hydrogens is 208 g/mol. The summed E-state index contributed by atoms with van der Waals surface area (Å²) in [6.45, 7) is -0.179. The van der Waals surface area contributed by atoms with Crippen LogP contribution in [0.25, 0.3) is 0 Å². The van der Waals surface area contributed by atoms with Gasteiger partial charge >= 0.3 is 0 Å². The average Bonchev–Trinajstić information content (AvgIpc) is 2.34. The number of hydrogen-bond acceptors (Lipinski definition) is 3. The Morgan fingerprint density at radius 3 is 2.44 bits per heavy atom. The van der Waals surface area contributed by atoms with Crippen molar-refractivity contribution in [2.75, 3.05) is 13.1 Å². The van der Waals surface area contributed by atoms with E-state index >= 15 is 0 Å². The molecule has 0 saturated heterocycles. The van der Waals surface area contributed by atoms with Crippen LogP contribution in [0.15, 0.2) is 30.3 Å². The molecule has 0 spiro atoms. The van der Waals surface area contributed by atoms with Crippen molar-refractivity contribution in [1.82, 2.24) is 10.6 Å². The van der Waals surface area contributed by atoms with Crippen molar-refractivity contribution >= 4 is 18.1 Å². The number of nitrogens with one attached hydrogen (secondary N) is 2. The van der Waals surface area contributed by atoms with Crippen molar-refractivity contribution < 1.29 is 14.4 Å². The lowest BCUT2D eigenvalue weighted by molar-refractivity contribution is -0.121. The van der Waals surface area contributed by atoms with Crippen molar-refractivity contribution in [1.29, 1.82) is 0 Å². The largest absolute Gasteiger partial charge is 0.348 e. The zero-order valence-electron chi connectivity index (χ0n) is 8.60. The SMILES string of the molecule is O=CCNC(=O)CNC(=O)c1ccccc1. The van der Waals surface area contributed by atoms with Crippen molar-refractivity contribution in [3.05, 3.63) is 35.9 Å². The van der Waals surface area contributed by atoms with Gasteiger partial charge < -0.3 is 15.4 Å². The Morgan fingerprint density at radius 2 is 1.81 bits per heavy atom. The number of carbonyl (C=O) groups is 3. The Bertz CT molecular complexity index is 376. The van der Waals surface area contributed by atoms with Gasteiger partial charge in [0, 0.05) is 5.56 Å². The molecule has 0 aliphatic heterocycles. The Kier molecular flexibility index (Phi) is 4.72. The molecule has 1 aromatic rings. The zero-order chi connectivity index (χ0) is 11.8. The third kappa shape index (κ3) is 3.91. The molecule has 0 bridgehead atoms. The maximum absolute atomic E-state index is 11.5. The molecule has 5 nitrogen and oxygen atoms in total. The summed E-state index contributed by atoms with van der Waals surface area (Å²) in [5.41, 5.74) is 0.491. The average molecular weight is 220 g/mol. The summed E-state index contributed by atoms with van der Waals surface area (Å²) in [4.78, 5) is 32.5. The number of rotatable bonds is 5. The molecule has 1 aromatic carbocycles. The number of hydrogen-bond donors (Lipinski definition) is 2. The molecule has 0 fully saturated rings. The highest BCUT2D eigenvalue weighted by atomic mass is 16.2. The molecule has 0 saturated carbocycles. The molecule has 0 radical (unpaired) electrons. The summed E-state index contributed by atoms with van der Waals surface area (Å²) in [5, 5.41) is 4.76. The predicted octanol–water partition coefficient (Wildman–Crippen LogP) is -0.268. The van der Waals surface area contributed by atoms with Crippen LogP contribution in [0.3, 0.4) is 0 Å². The second kappa shape index (κ2) is 6.34. The maximum atomic E-state index is 11.5. The van der Waals surface area contributed by atoms with E-state index in [1.165, 1.54) is 0 Å². The quantitative estimate of drug-likeness (QED) is 0.671. The number of amides is 2. The monoisotopic (exact) mass is 220 g/mol. The Hall–Kier alpha value is -2.17. The van der Waals surface area contributed by atoms with Crippen LogP contribution in [0, 0.1) is 0 Å². The van der Waals surface area contributed by atoms with Crippen LogP contribution in [-0.4, -0.2) is 31.2 Å². The lowest BCUT2D eigenvalue weighted by Crippen LogP contribution is -2.37. The van der Waals surface area contributed by atoms with Gasteiger partial charge in [0.15, 0.2) is 0 Å². The molecule has 0 heterocycles. The van der Waals surface area contributed by atoms with Crippen LogP contribution >= 0.6 is 0 Å². The molecule has 2 N–H and O–H groups in total. The van der Waals surface area contributed by atoms with E-state index in [2.05, 4.69) is 10.6 Å². The van der Waals surface area contributed by atoms with Crippen LogP contribution < -0.4 is 10.6 Å². The van der Waals surface area contributed by atoms with Gasteiger partial charge in [-0.25, -0.2) is 0 Å². The fourth-order valence-corrected chi connectivity index (χ4v) is 1.07. The number of carbonyl (C=O) groups excluding carboxylic acids is 3. The van der Waals surface area contributed by atoms with Gasteiger partial charge in [-0.3, -0.25) is 9.59 Å². The third-order valence-electron chi connectivity index (χ3n) is 1.83. The van der Waals surface area contributed by atoms with Gasteiger partial charge in [-0.2, -0.15) is 0 Å². The summed E-state index contributed by atoms with van der Waals surface area (Å²) in [5.74, 6) is -0.710. The second-order valence-electron chi connectivity index (χ2n) is 3.02. The van der Waals surface area contributed by atoms with Crippen LogP contribution in [-0.2, 0) is 9.59 Å². The molecular formula is C11H12N2O3. The molecule has 0 aliphatic rings. The van der Waals surface area contributed by atoms with Gasteiger partial charge in [0.05, 0.1) is 13.1 Å². The van der Waals surface area contributed by atoms with Crippen molar-refractivity contribution in [2.45, 2.75) is 0 Å². The topological polar surface area (TPSA) is 75.3 Å². The van der Waals surface area contributed by atoms with Gasteiger partial charge in [-0.15, -0.1) is 0 Å². The fraction of sp³-hybridized carbons (Fsp3) is 0.182. The van der Waals surface area contributed by atoms with Gasteiger partial charge in [-0.05, 0) is 12.1 Å². The molecule has 5 heteroatoms. The number of aldehydes is 1. The molecule has 0 atom stereocenters. The van der Waals surface area contributed by atoms with Gasteiger partial charge in [0.2, 0.25) is 5.91 Å². The van der Waals surface area contributed by atoms with Gasteiger partial charge in [0.1, 0.15) is 6.29 Å². The highest BCUT2D eigenvalue weighted by molar-refractivity contribution is 5.96. The summed E-state index contributed by atoms with van der Waals surface area (Å²) in [6.07, 6.45) is 0.580. The van der Waals surface area contributed by atoms with Crippen LogP contribution in [0.2, 0.25) is 0 Å². The highest BCUT2D eigenvalue weighted by Gasteiger charge is 2.06. The van der Waals surface area contributed by atoms with E-state index in [-0.39, 0.29) is 19.0 Å². The molecule has 0 aromatic heterocycles. The minimum absolute atomic E-state index is 0.0416. The Labute approximate surface area is 92.8 Å². The summed E-state index contributed by atoms with van der Waals surface area (Å²) >= 11 is 0. The Balaban J connectivity index is 2.36. The molecule has 0 aliphatic carbocycles. The highest BCUT2D eigenvalue weighted by Crippen LogP contribution is 1.96.